The summed E-state index contributed by atoms with van der Waals surface area (Å²) in [4.78, 5) is 27.9. The molecule has 2 heterocycles. The van der Waals surface area contributed by atoms with Gasteiger partial charge in [-0.25, -0.2) is 0 Å². The van der Waals surface area contributed by atoms with Crippen molar-refractivity contribution in [1.29, 1.82) is 5.26 Å². The Kier molecular flexibility index (Phi) is 4.66. The van der Waals surface area contributed by atoms with E-state index in [0.29, 0.717) is 10.2 Å². The van der Waals surface area contributed by atoms with Crippen molar-refractivity contribution in [2.24, 2.45) is 5.73 Å². The van der Waals surface area contributed by atoms with Crippen molar-refractivity contribution in [2.45, 2.75) is 6.54 Å². The van der Waals surface area contributed by atoms with Crippen LogP contribution in [-0.2, 0) is 11.3 Å². The van der Waals surface area contributed by atoms with Gasteiger partial charge in [-0.3, -0.25) is 19.1 Å². The van der Waals surface area contributed by atoms with Crippen LogP contribution < -0.4 is 20.5 Å². The van der Waals surface area contributed by atoms with Gasteiger partial charge < -0.3 is 5.73 Å². The minimum absolute atomic E-state index is 0.180. The lowest BCUT2D eigenvalue weighted by Crippen LogP contribution is -2.33. The Bertz CT molecular complexity index is 933. The van der Waals surface area contributed by atoms with Gasteiger partial charge >= 0.3 is 0 Å². The molecule has 0 aliphatic carbocycles. The van der Waals surface area contributed by atoms with Gasteiger partial charge in [-0.05, 0) is 18.2 Å². The molecule has 0 spiro atoms. The number of hydrogen-bond donors (Lipinski definition) is 1. The highest BCUT2D eigenvalue weighted by molar-refractivity contribution is 7.07. The van der Waals surface area contributed by atoms with E-state index in [-0.39, 0.29) is 22.3 Å². The van der Waals surface area contributed by atoms with Crippen molar-refractivity contribution in [1.82, 2.24) is 9.55 Å². The molecule has 0 unspecified atom stereocenters. The van der Waals surface area contributed by atoms with Crippen molar-refractivity contribution in [3.8, 4) is 6.07 Å². The van der Waals surface area contributed by atoms with Gasteiger partial charge in [0.1, 0.15) is 10.7 Å². The van der Waals surface area contributed by atoms with Crippen LogP contribution in [0.25, 0.3) is 11.6 Å². The van der Waals surface area contributed by atoms with Gasteiger partial charge in [-0.15, -0.1) is 17.9 Å². The van der Waals surface area contributed by atoms with Crippen LogP contribution in [0.2, 0.25) is 0 Å². The maximum Gasteiger partial charge on any atom is 0.269 e. The number of aromatic nitrogens is 2. The summed E-state index contributed by atoms with van der Waals surface area (Å²) in [7, 11) is 0. The topological polar surface area (TPSA) is 102 Å². The second kappa shape index (κ2) is 6.65. The van der Waals surface area contributed by atoms with E-state index in [1.165, 1.54) is 10.6 Å². The molecule has 0 radical (unpaired) electrons. The molecule has 0 aliphatic rings. The third kappa shape index (κ3) is 3.02. The molecule has 0 bridgehead atoms. The molecule has 0 saturated heterocycles. The maximum absolute atomic E-state index is 12.4. The smallest absolute Gasteiger partial charge is 0.269 e. The van der Waals surface area contributed by atoms with E-state index in [9.17, 15) is 9.59 Å². The normalized spacial score (nSPS) is 12.6. The van der Waals surface area contributed by atoms with E-state index in [4.69, 9.17) is 11.0 Å². The Hall–Kier alpha value is -2.98. The Balaban J connectivity index is 2.85. The van der Waals surface area contributed by atoms with Gasteiger partial charge in [-0.2, -0.15) is 5.26 Å². The second-order valence-electron chi connectivity index (χ2n) is 4.23. The lowest BCUT2D eigenvalue weighted by molar-refractivity contribution is -0.112. The third-order valence-electron chi connectivity index (χ3n) is 2.76. The van der Waals surface area contributed by atoms with Crippen molar-refractivity contribution in [3.05, 3.63) is 62.3 Å². The van der Waals surface area contributed by atoms with Gasteiger partial charge in [0.05, 0.1) is 10.2 Å². The molecule has 0 aliphatic heterocycles. The van der Waals surface area contributed by atoms with E-state index in [1.807, 2.05) is 0 Å². The average Bonchev–Trinajstić information content (AvgIpc) is 2.79. The van der Waals surface area contributed by atoms with Crippen LogP contribution in [0.1, 0.15) is 5.69 Å². The number of carbonyl (C=O) groups excluding carboxylic acids is 1. The predicted molar refractivity (Wildman–Crippen MR) is 84.0 cm³/mol. The molecule has 0 atom stereocenters. The summed E-state index contributed by atoms with van der Waals surface area (Å²) in [6, 6.07) is 7.06. The Morgan fingerprint density at radius 2 is 2.32 bits per heavy atom. The van der Waals surface area contributed by atoms with Gasteiger partial charge in [0.2, 0.25) is 0 Å². The standard InChI is InChI=1S/C15H12N4O2S/c1-2-7-19-14(21)12(8-10-5-3-4-6-18-10)22-15(19)11(9-16)13(17)20/h2-6,8H,1,7H2,(H2,17,20)/b12-8-,15-11-. The molecule has 2 rings (SSSR count). The van der Waals surface area contributed by atoms with Crippen LogP contribution in [0.5, 0.6) is 0 Å². The number of carbonyl (C=O) groups is 1. The zero-order valence-corrected chi connectivity index (χ0v) is 12.3. The molecule has 0 aromatic carbocycles. The molecule has 7 heteroatoms. The first kappa shape index (κ1) is 15.4. The fourth-order valence-electron chi connectivity index (χ4n) is 1.80. The number of amides is 1. The van der Waals surface area contributed by atoms with Crippen molar-refractivity contribution in [2.75, 3.05) is 0 Å². The highest BCUT2D eigenvalue weighted by Crippen LogP contribution is 1.95. The number of rotatable bonds is 4. The van der Waals surface area contributed by atoms with Crippen LogP contribution in [0.15, 0.2) is 41.8 Å². The van der Waals surface area contributed by atoms with Crippen LogP contribution >= 0.6 is 11.3 Å². The van der Waals surface area contributed by atoms with Gasteiger partial charge in [0.15, 0.2) is 5.57 Å². The van der Waals surface area contributed by atoms with Crippen molar-refractivity contribution in [3.63, 3.8) is 0 Å². The van der Waals surface area contributed by atoms with Crippen LogP contribution in [0, 0.1) is 11.3 Å². The Morgan fingerprint density at radius 3 is 2.86 bits per heavy atom. The summed E-state index contributed by atoms with van der Waals surface area (Å²) in [6.45, 7) is 3.76. The zero-order valence-electron chi connectivity index (χ0n) is 11.5. The minimum Gasteiger partial charge on any atom is -0.365 e. The maximum atomic E-state index is 12.4. The van der Waals surface area contributed by atoms with E-state index >= 15 is 0 Å². The number of pyridine rings is 1. The highest BCUT2D eigenvalue weighted by Gasteiger charge is 2.12. The Morgan fingerprint density at radius 1 is 1.55 bits per heavy atom. The summed E-state index contributed by atoms with van der Waals surface area (Å²) >= 11 is 1.03. The summed E-state index contributed by atoms with van der Waals surface area (Å²) < 4.78 is 1.89. The van der Waals surface area contributed by atoms with E-state index in [1.54, 1.807) is 36.5 Å². The predicted octanol–water partition coefficient (Wildman–Crippen LogP) is -0.521. The molecule has 2 N–H and O–H groups in total. The van der Waals surface area contributed by atoms with E-state index in [2.05, 4.69) is 11.6 Å². The summed E-state index contributed by atoms with van der Waals surface area (Å²) in [5, 5.41) is 9.09. The number of nitrogens with zero attached hydrogens (tertiary/aromatic N) is 3. The summed E-state index contributed by atoms with van der Waals surface area (Å²) in [5.74, 6) is -0.869. The monoisotopic (exact) mass is 312 g/mol. The number of hydrogen-bond acceptors (Lipinski definition) is 5. The SMILES string of the molecule is C=CCn1c(=O)/c(=C/c2ccccn2)s/c1=C(/C#N)C(N)=O. The average molecular weight is 312 g/mol. The lowest BCUT2D eigenvalue weighted by Gasteiger charge is -1.96. The number of nitriles is 1. The first-order valence-electron chi connectivity index (χ1n) is 6.26. The Labute approximate surface area is 129 Å². The fraction of sp³-hybridized carbons (Fsp3) is 0.0667. The molecule has 22 heavy (non-hydrogen) atoms. The number of primary amides is 1. The van der Waals surface area contributed by atoms with Crippen LogP contribution in [0.3, 0.4) is 0 Å². The zero-order chi connectivity index (χ0) is 16.1. The number of nitrogens with two attached hydrogens (primary N) is 1. The fourth-order valence-corrected chi connectivity index (χ4v) is 2.91. The summed E-state index contributed by atoms with van der Waals surface area (Å²) in [6.07, 6.45) is 4.73. The highest BCUT2D eigenvalue weighted by atomic mass is 32.1. The van der Waals surface area contributed by atoms with E-state index < -0.39 is 5.91 Å². The van der Waals surface area contributed by atoms with E-state index in [0.717, 1.165) is 11.3 Å². The first-order chi connectivity index (χ1) is 10.6. The molecule has 6 nitrogen and oxygen atoms in total. The van der Waals surface area contributed by atoms with Crippen LogP contribution in [0.4, 0.5) is 0 Å². The molecular formula is C15H12N4O2S. The quantitative estimate of drug-likeness (QED) is 0.767. The van der Waals surface area contributed by atoms with Crippen molar-refractivity contribution >= 4 is 28.9 Å². The van der Waals surface area contributed by atoms with Gasteiger partial charge in [-0.1, -0.05) is 12.1 Å². The molecular weight excluding hydrogens is 300 g/mol. The molecule has 110 valence electrons. The largest absolute Gasteiger partial charge is 0.365 e. The molecule has 2 aromatic rings. The van der Waals surface area contributed by atoms with Gasteiger partial charge in [0, 0.05) is 12.7 Å². The number of allylic oxidation sites excluding steroid dienone is 1. The molecule has 0 saturated carbocycles. The first-order valence-corrected chi connectivity index (χ1v) is 7.07. The van der Waals surface area contributed by atoms with Crippen molar-refractivity contribution < 1.29 is 4.79 Å². The second-order valence-corrected chi connectivity index (χ2v) is 5.26. The third-order valence-corrected chi connectivity index (χ3v) is 3.89. The molecule has 1 amide bonds. The molecule has 2 aromatic heterocycles. The summed E-state index contributed by atoms with van der Waals surface area (Å²) in [5.41, 5.74) is 5.24. The number of thiazole rings is 1. The lowest BCUT2D eigenvalue weighted by atomic mass is 10.3. The van der Waals surface area contributed by atoms with Gasteiger partial charge in [0.25, 0.3) is 11.5 Å². The minimum atomic E-state index is -0.869. The molecule has 0 fully saturated rings. The van der Waals surface area contributed by atoms with Crippen LogP contribution in [-0.4, -0.2) is 15.5 Å².